The lowest BCUT2D eigenvalue weighted by Crippen LogP contribution is -2.20. The van der Waals surface area contributed by atoms with Crippen molar-refractivity contribution < 1.29 is 4.74 Å². The van der Waals surface area contributed by atoms with Gasteiger partial charge in [-0.3, -0.25) is 0 Å². The molecule has 0 unspecified atom stereocenters. The molecular weight excluding hydrogens is 282 g/mol. The first-order valence-corrected chi connectivity index (χ1v) is 7.90. The predicted molar refractivity (Wildman–Crippen MR) is 94.8 cm³/mol. The van der Waals surface area contributed by atoms with Crippen molar-refractivity contribution in [2.45, 2.75) is 13.1 Å². The van der Waals surface area contributed by atoms with Crippen molar-refractivity contribution in [2.75, 3.05) is 12.0 Å². The summed E-state index contributed by atoms with van der Waals surface area (Å²) >= 11 is 0. The lowest BCUT2D eigenvalue weighted by atomic mass is 9.97. The molecule has 3 aromatic rings. The molecule has 1 aliphatic heterocycles. The first-order chi connectivity index (χ1) is 11.3. The third-order valence-corrected chi connectivity index (χ3v) is 4.48. The van der Waals surface area contributed by atoms with Crippen LogP contribution in [0.1, 0.15) is 11.1 Å². The Morgan fingerprint density at radius 2 is 1.22 bits per heavy atom. The van der Waals surface area contributed by atoms with Crippen LogP contribution in [0.4, 0.5) is 5.69 Å². The summed E-state index contributed by atoms with van der Waals surface area (Å²) in [4.78, 5) is 2.42. The third kappa shape index (κ3) is 2.57. The summed E-state index contributed by atoms with van der Waals surface area (Å²) in [7, 11) is 1.70. The fraction of sp³-hybridized carbons (Fsp3) is 0.143. The zero-order valence-electron chi connectivity index (χ0n) is 13.2. The first kappa shape index (κ1) is 13.9. The molecule has 0 N–H and O–H groups in total. The van der Waals surface area contributed by atoms with Crippen LogP contribution in [0.25, 0.3) is 11.1 Å². The van der Waals surface area contributed by atoms with E-state index < -0.39 is 0 Å². The third-order valence-electron chi connectivity index (χ3n) is 4.48. The highest BCUT2D eigenvalue weighted by Gasteiger charge is 2.18. The monoisotopic (exact) mass is 301 g/mol. The predicted octanol–water partition coefficient (Wildman–Crippen LogP) is 4.88. The fourth-order valence-electron chi connectivity index (χ4n) is 3.28. The van der Waals surface area contributed by atoms with Crippen molar-refractivity contribution in [3.8, 4) is 16.9 Å². The number of anilines is 1. The summed E-state index contributed by atoms with van der Waals surface area (Å²) < 4.78 is 5.28. The van der Waals surface area contributed by atoms with Gasteiger partial charge in [0.25, 0.3) is 0 Å². The molecule has 114 valence electrons. The van der Waals surface area contributed by atoms with Gasteiger partial charge in [0.2, 0.25) is 0 Å². The molecule has 0 bridgehead atoms. The van der Waals surface area contributed by atoms with Gasteiger partial charge in [0, 0.05) is 18.8 Å². The summed E-state index contributed by atoms with van der Waals surface area (Å²) in [5.41, 5.74) is 6.65. The van der Waals surface area contributed by atoms with Crippen molar-refractivity contribution in [2.24, 2.45) is 0 Å². The molecule has 0 aromatic heterocycles. The maximum Gasteiger partial charge on any atom is 0.119 e. The van der Waals surface area contributed by atoms with Crippen molar-refractivity contribution in [1.82, 2.24) is 0 Å². The Balaban J connectivity index is 1.80. The van der Waals surface area contributed by atoms with Crippen molar-refractivity contribution >= 4 is 5.69 Å². The standard InChI is InChI=1S/C21H19NO/c1-23-19-12-10-18(11-13-19)22-14-16-6-2-4-8-20(16)21-9-5-3-7-17(21)15-22/h2-13H,14-15H2,1H3. The molecule has 0 aliphatic carbocycles. The van der Waals surface area contributed by atoms with Crippen LogP contribution in [0.3, 0.4) is 0 Å². The molecule has 2 heteroatoms. The van der Waals surface area contributed by atoms with Gasteiger partial charge in [-0.1, -0.05) is 48.5 Å². The number of rotatable bonds is 2. The maximum atomic E-state index is 5.28. The molecule has 0 amide bonds. The smallest absolute Gasteiger partial charge is 0.119 e. The van der Waals surface area contributed by atoms with Gasteiger partial charge in [-0.2, -0.15) is 0 Å². The Kier molecular flexibility index (Phi) is 3.51. The van der Waals surface area contributed by atoms with Gasteiger partial charge in [-0.15, -0.1) is 0 Å². The van der Waals surface area contributed by atoms with E-state index in [1.54, 1.807) is 7.11 Å². The second-order valence-electron chi connectivity index (χ2n) is 5.87. The molecule has 1 heterocycles. The van der Waals surface area contributed by atoms with Crippen LogP contribution in [0, 0.1) is 0 Å². The van der Waals surface area contributed by atoms with E-state index in [1.807, 2.05) is 12.1 Å². The molecule has 0 saturated heterocycles. The van der Waals surface area contributed by atoms with Crippen LogP contribution in [0.15, 0.2) is 72.8 Å². The van der Waals surface area contributed by atoms with Crippen LogP contribution >= 0.6 is 0 Å². The van der Waals surface area contributed by atoms with Gasteiger partial charge in [0.15, 0.2) is 0 Å². The van der Waals surface area contributed by atoms with Crippen molar-refractivity contribution in [3.05, 3.63) is 83.9 Å². The summed E-state index contributed by atoms with van der Waals surface area (Å²) in [6.07, 6.45) is 0. The van der Waals surface area contributed by atoms with Gasteiger partial charge >= 0.3 is 0 Å². The molecule has 0 atom stereocenters. The summed E-state index contributed by atoms with van der Waals surface area (Å²) in [6, 6.07) is 25.7. The van der Waals surface area contributed by atoms with Crippen LogP contribution in [0.5, 0.6) is 5.75 Å². The maximum absolute atomic E-state index is 5.28. The number of methoxy groups -OCH3 is 1. The van der Waals surface area contributed by atoms with Crippen LogP contribution in [-0.2, 0) is 13.1 Å². The van der Waals surface area contributed by atoms with E-state index in [1.165, 1.54) is 27.9 Å². The Hall–Kier alpha value is -2.74. The topological polar surface area (TPSA) is 12.5 Å². The van der Waals surface area contributed by atoms with E-state index in [-0.39, 0.29) is 0 Å². The van der Waals surface area contributed by atoms with Gasteiger partial charge in [0.05, 0.1) is 7.11 Å². The minimum absolute atomic E-state index is 0.893. The number of fused-ring (bicyclic) bond motifs is 3. The molecule has 1 aliphatic rings. The quantitative estimate of drug-likeness (QED) is 0.668. The average molecular weight is 301 g/mol. The highest BCUT2D eigenvalue weighted by molar-refractivity contribution is 5.73. The number of ether oxygens (including phenoxy) is 1. The van der Waals surface area contributed by atoms with Gasteiger partial charge in [-0.25, -0.2) is 0 Å². The minimum Gasteiger partial charge on any atom is -0.497 e. The summed E-state index contributed by atoms with van der Waals surface area (Å²) in [5.74, 6) is 0.893. The van der Waals surface area contributed by atoms with Crippen LogP contribution < -0.4 is 9.64 Å². The summed E-state index contributed by atoms with van der Waals surface area (Å²) in [6.45, 7) is 1.83. The highest BCUT2D eigenvalue weighted by atomic mass is 16.5. The van der Waals surface area contributed by atoms with Gasteiger partial charge in [0.1, 0.15) is 5.75 Å². The van der Waals surface area contributed by atoms with Crippen LogP contribution in [-0.4, -0.2) is 7.11 Å². The number of hydrogen-bond acceptors (Lipinski definition) is 2. The zero-order chi connectivity index (χ0) is 15.6. The Labute approximate surface area is 137 Å². The van der Waals surface area contributed by atoms with Crippen molar-refractivity contribution in [3.63, 3.8) is 0 Å². The second-order valence-corrected chi connectivity index (χ2v) is 5.87. The summed E-state index contributed by atoms with van der Waals surface area (Å²) in [5, 5.41) is 0. The number of hydrogen-bond donors (Lipinski definition) is 0. The molecule has 0 fully saturated rings. The SMILES string of the molecule is COc1ccc(N2Cc3ccccc3-c3ccccc3C2)cc1. The lowest BCUT2D eigenvalue weighted by molar-refractivity contribution is 0.415. The van der Waals surface area contributed by atoms with E-state index in [2.05, 4.69) is 65.6 Å². The van der Waals surface area contributed by atoms with Gasteiger partial charge < -0.3 is 9.64 Å². The molecule has 4 rings (SSSR count). The molecular formula is C21H19NO. The Morgan fingerprint density at radius 1 is 0.696 bits per heavy atom. The highest BCUT2D eigenvalue weighted by Crippen LogP contribution is 2.34. The second kappa shape index (κ2) is 5.81. The van der Waals surface area contributed by atoms with E-state index in [9.17, 15) is 0 Å². The van der Waals surface area contributed by atoms with E-state index in [0.29, 0.717) is 0 Å². The molecule has 23 heavy (non-hydrogen) atoms. The Bertz CT molecular complexity index is 776. The molecule has 2 nitrogen and oxygen atoms in total. The van der Waals surface area contributed by atoms with E-state index in [0.717, 1.165) is 18.8 Å². The largest absolute Gasteiger partial charge is 0.497 e. The lowest BCUT2D eigenvalue weighted by Gasteiger charge is -2.24. The minimum atomic E-state index is 0.893. The molecule has 0 spiro atoms. The number of nitrogens with zero attached hydrogens (tertiary/aromatic N) is 1. The fourth-order valence-corrected chi connectivity index (χ4v) is 3.28. The molecule has 0 radical (unpaired) electrons. The normalized spacial score (nSPS) is 13.0. The van der Waals surface area contributed by atoms with Crippen LogP contribution in [0.2, 0.25) is 0 Å². The van der Waals surface area contributed by atoms with Gasteiger partial charge in [-0.05, 0) is 46.5 Å². The molecule has 0 saturated carbocycles. The molecule has 3 aromatic carbocycles. The first-order valence-electron chi connectivity index (χ1n) is 7.90. The number of benzene rings is 3. The Morgan fingerprint density at radius 3 is 1.74 bits per heavy atom. The van der Waals surface area contributed by atoms with Crippen molar-refractivity contribution in [1.29, 1.82) is 0 Å². The van der Waals surface area contributed by atoms with E-state index in [4.69, 9.17) is 4.74 Å². The zero-order valence-corrected chi connectivity index (χ0v) is 13.2. The average Bonchev–Trinajstić information content (AvgIpc) is 2.79. The van der Waals surface area contributed by atoms with E-state index >= 15 is 0 Å².